The van der Waals surface area contributed by atoms with Crippen LogP contribution in [0.25, 0.3) is 0 Å². The van der Waals surface area contributed by atoms with E-state index < -0.39 is 0 Å². The quantitative estimate of drug-likeness (QED) is 0.552. The van der Waals surface area contributed by atoms with Gasteiger partial charge in [-0.05, 0) is 29.8 Å². The lowest BCUT2D eigenvalue weighted by molar-refractivity contribution is 0.0680. The van der Waals surface area contributed by atoms with E-state index in [9.17, 15) is 4.79 Å². The van der Waals surface area contributed by atoms with Crippen LogP contribution in [0.2, 0.25) is 0 Å². The molecular formula is C22H24N2O4S. The topological polar surface area (TPSA) is 71.9 Å². The summed E-state index contributed by atoms with van der Waals surface area (Å²) in [6.07, 6.45) is 0. The molecule has 3 aromatic rings. The molecule has 7 heteroatoms. The number of nitrogens with zero attached hydrogens (tertiary/aromatic N) is 2. The van der Waals surface area contributed by atoms with E-state index in [2.05, 4.69) is 4.98 Å². The van der Waals surface area contributed by atoms with Gasteiger partial charge in [-0.25, -0.2) is 4.98 Å². The van der Waals surface area contributed by atoms with Gasteiger partial charge in [0.2, 0.25) is 0 Å². The van der Waals surface area contributed by atoms with E-state index in [0.29, 0.717) is 37.6 Å². The molecule has 0 radical (unpaired) electrons. The number of hydrogen-bond donors (Lipinski definition) is 1. The van der Waals surface area contributed by atoms with Crippen LogP contribution in [0.5, 0.6) is 5.75 Å². The molecule has 0 bridgehead atoms. The molecule has 1 amide bonds. The van der Waals surface area contributed by atoms with Gasteiger partial charge in [0.15, 0.2) is 0 Å². The minimum Gasteiger partial charge on any atom is -0.486 e. The number of carbonyl (C=O) groups is 1. The first kappa shape index (κ1) is 21.0. The number of hydrogen-bond acceptors (Lipinski definition) is 6. The SMILES string of the molecule is COCCN(Cc1ccc(OCc2nc(CO)cs2)cc1)C(=O)c1ccccc1. The van der Waals surface area contributed by atoms with Crippen LogP contribution in [0.4, 0.5) is 0 Å². The zero-order chi connectivity index (χ0) is 20.5. The highest BCUT2D eigenvalue weighted by Gasteiger charge is 2.16. The fourth-order valence-corrected chi connectivity index (χ4v) is 3.46. The van der Waals surface area contributed by atoms with Crippen molar-refractivity contribution in [3.8, 4) is 5.75 Å². The Morgan fingerprint density at radius 2 is 1.90 bits per heavy atom. The lowest BCUT2D eigenvalue weighted by Crippen LogP contribution is -2.33. The van der Waals surface area contributed by atoms with Gasteiger partial charge in [0.1, 0.15) is 17.4 Å². The zero-order valence-corrected chi connectivity index (χ0v) is 17.1. The molecule has 3 rings (SSSR count). The summed E-state index contributed by atoms with van der Waals surface area (Å²) in [5.41, 5.74) is 2.33. The number of thiazole rings is 1. The van der Waals surface area contributed by atoms with E-state index in [-0.39, 0.29) is 12.5 Å². The van der Waals surface area contributed by atoms with Gasteiger partial charge in [0, 0.05) is 31.1 Å². The molecule has 1 aromatic heterocycles. The Bertz CT molecular complexity index is 897. The Hall–Kier alpha value is -2.74. The highest BCUT2D eigenvalue weighted by atomic mass is 32.1. The molecular weight excluding hydrogens is 388 g/mol. The average molecular weight is 413 g/mol. The van der Waals surface area contributed by atoms with Crippen molar-refractivity contribution < 1.29 is 19.4 Å². The summed E-state index contributed by atoms with van der Waals surface area (Å²) in [5, 5.41) is 11.7. The molecule has 1 N–H and O–H groups in total. The van der Waals surface area contributed by atoms with Gasteiger partial charge in [-0.1, -0.05) is 30.3 Å². The maximum Gasteiger partial charge on any atom is 0.254 e. The maximum absolute atomic E-state index is 12.8. The van der Waals surface area contributed by atoms with Crippen molar-refractivity contribution in [2.24, 2.45) is 0 Å². The first-order chi connectivity index (χ1) is 14.2. The van der Waals surface area contributed by atoms with Gasteiger partial charge in [-0.3, -0.25) is 4.79 Å². The molecule has 0 aliphatic heterocycles. The highest BCUT2D eigenvalue weighted by Crippen LogP contribution is 2.18. The van der Waals surface area contributed by atoms with Crippen molar-refractivity contribution >= 4 is 17.2 Å². The smallest absolute Gasteiger partial charge is 0.254 e. The number of amides is 1. The lowest BCUT2D eigenvalue weighted by atomic mass is 10.1. The predicted octanol–water partition coefficient (Wildman–Crippen LogP) is 3.50. The van der Waals surface area contributed by atoms with E-state index in [4.69, 9.17) is 14.6 Å². The van der Waals surface area contributed by atoms with Crippen molar-refractivity contribution in [1.82, 2.24) is 9.88 Å². The van der Waals surface area contributed by atoms with Crippen LogP contribution in [0.15, 0.2) is 60.0 Å². The van der Waals surface area contributed by atoms with Crippen molar-refractivity contribution in [1.29, 1.82) is 0 Å². The summed E-state index contributed by atoms with van der Waals surface area (Å²) in [6, 6.07) is 16.9. The van der Waals surface area contributed by atoms with Crippen LogP contribution in [-0.2, 0) is 24.5 Å². The van der Waals surface area contributed by atoms with Gasteiger partial charge in [0.05, 0.1) is 18.9 Å². The summed E-state index contributed by atoms with van der Waals surface area (Å²) >= 11 is 1.46. The van der Waals surface area contributed by atoms with Crippen molar-refractivity contribution in [3.63, 3.8) is 0 Å². The number of aliphatic hydroxyl groups excluding tert-OH is 1. The molecule has 0 saturated carbocycles. The van der Waals surface area contributed by atoms with E-state index in [1.165, 1.54) is 11.3 Å². The van der Waals surface area contributed by atoms with Gasteiger partial charge in [-0.15, -0.1) is 11.3 Å². The van der Waals surface area contributed by atoms with Gasteiger partial charge < -0.3 is 19.5 Å². The minimum absolute atomic E-state index is 0.0218. The summed E-state index contributed by atoms with van der Waals surface area (Å²) in [5.74, 6) is 0.707. The molecule has 0 saturated heterocycles. The van der Waals surface area contributed by atoms with E-state index in [1.54, 1.807) is 12.0 Å². The number of aromatic nitrogens is 1. The Labute approximate surface area is 174 Å². The molecule has 0 aliphatic carbocycles. The average Bonchev–Trinajstić information content (AvgIpc) is 3.24. The summed E-state index contributed by atoms with van der Waals surface area (Å²) < 4.78 is 10.9. The Morgan fingerprint density at radius 3 is 2.55 bits per heavy atom. The Morgan fingerprint density at radius 1 is 1.14 bits per heavy atom. The van der Waals surface area contributed by atoms with E-state index >= 15 is 0 Å². The number of aliphatic hydroxyl groups is 1. The first-order valence-corrected chi connectivity index (χ1v) is 10.2. The molecule has 1 heterocycles. The zero-order valence-electron chi connectivity index (χ0n) is 16.3. The summed E-state index contributed by atoms with van der Waals surface area (Å²) in [4.78, 5) is 18.9. The summed E-state index contributed by atoms with van der Waals surface area (Å²) in [6.45, 7) is 1.77. The number of methoxy groups -OCH3 is 1. The Balaban J connectivity index is 1.61. The second-order valence-corrected chi connectivity index (χ2v) is 7.35. The molecule has 29 heavy (non-hydrogen) atoms. The van der Waals surface area contributed by atoms with E-state index in [1.807, 2.05) is 60.0 Å². The number of benzene rings is 2. The summed E-state index contributed by atoms with van der Waals surface area (Å²) in [7, 11) is 1.63. The molecule has 0 fully saturated rings. The van der Waals surface area contributed by atoms with Crippen molar-refractivity contribution in [3.05, 3.63) is 81.8 Å². The third-order valence-corrected chi connectivity index (χ3v) is 5.16. The fraction of sp³-hybridized carbons (Fsp3) is 0.273. The first-order valence-electron chi connectivity index (χ1n) is 9.28. The fourth-order valence-electron chi connectivity index (χ4n) is 2.76. The van der Waals surface area contributed by atoms with Gasteiger partial charge in [-0.2, -0.15) is 0 Å². The second-order valence-electron chi connectivity index (χ2n) is 6.41. The van der Waals surface area contributed by atoms with Crippen LogP contribution >= 0.6 is 11.3 Å². The molecule has 0 aliphatic rings. The van der Waals surface area contributed by atoms with Crippen molar-refractivity contribution in [2.45, 2.75) is 19.8 Å². The van der Waals surface area contributed by atoms with Crippen LogP contribution in [0.3, 0.4) is 0 Å². The van der Waals surface area contributed by atoms with Crippen LogP contribution in [-0.4, -0.2) is 41.2 Å². The molecule has 6 nitrogen and oxygen atoms in total. The van der Waals surface area contributed by atoms with Gasteiger partial charge >= 0.3 is 0 Å². The maximum atomic E-state index is 12.8. The standard InChI is InChI=1S/C22H24N2O4S/c1-27-12-11-24(22(26)18-5-3-2-4-6-18)13-17-7-9-20(10-8-17)28-15-21-23-19(14-25)16-29-21/h2-10,16,25H,11-15H2,1H3. The second kappa shape index (κ2) is 10.7. The lowest BCUT2D eigenvalue weighted by Gasteiger charge is -2.23. The molecule has 0 atom stereocenters. The molecule has 0 unspecified atom stereocenters. The predicted molar refractivity (Wildman–Crippen MR) is 112 cm³/mol. The highest BCUT2D eigenvalue weighted by molar-refractivity contribution is 7.09. The molecule has 152 valence electrons. The van der Waals surface area contributed by atoms with Crippen LogP contribution in [0, 0.1) is 0 Å². The molecule has 2 aromatic carbocycles. The number of ether oxygens (including phenoxy) is 2. The third kappa shape index (κ3) is 6.12. The Kier molecular flexibility index (Phi) is 7.75. The monoisotopic (exact) mass is 412 g/mol. The third-order valence-electron chi connectivity index (χ3n) is 4.29. The molecule has 0 spiro atoms. The van der Waals surface area contributed by atoms with Crippen LogP contribution in [0.1, 0.15) is 26.6 Å². The minimum atomic E-state index is -0.0630. The number of carbonyl (C=O) groups excluding carboxylic acids is 1. The largest absolute Gasteiger partial charge is 0.486 e. The van der Waals surface area contributed by atoms with Gasteiger partial charge in [0.25, 0.3) is 5.91 Å². The van der Waals surface area contributed by atoms with E-state index in [0.717, 1.165) is 16.3 Å². The normalized spacial score (nSPS) is 10.7. The number of rotatable bonds is 10. The van der Waals surface area contributed by atoms with Crippen molar-refractivity contribution in [2.75, 3.05) is 20.3 Å². The van der Waals surface area contributed by atoms with Crippen LogP contribution < -0.4 is 4.74 Å².